The van der Waals surface area contributed by atoms with Gasteiger partial charge in [-0.1, -0.05) is 11.6 Å². The molecule has 0 spiro atoms. The third-order valence-corrected chi connectivity index (χ3v) is 4.46. The first-order valence-electron chi connectivity index (χ1n) is 8.74. The van der Waals surface area contributed by atoms with Crippen LogP contribution in [0.15, 0.2) is 42.6 Å². The SMILES string of the molecule is COc1ccc(C(=O)Nc2ccc(OCCN)c(-c3c(Cl)cnn3C)c2)c(F)c1. The minimum atomic E-state index is -0.681. The summed E-state index contributed by atoms with van der Waals surface area (Å²) in [4.78, 5) is 12.5. The molecule has 1 aromatic heterocycles. The van der Waals surface area contributed by atoms with Crippen molar-refractivity contribution in [2.75, 3.05) is 25.6 Å². The fourth-order valence-electron chi connectivity index (χ4n) is 2.81. The molecule has 0 atom stereocenters. The Hall–Kier alpha value is -3.10. The number of carbonyl (C=O) groups is 1. The molecule has 0 aliphatic rings. The van der Waals surface area contributed by atoms with Gasteiger partial charge in [0.2, 0.25) is 0 Å². The molecule has 0 fully saturated rings. The van der Waals surface area contributed by atoms with Crippen molar-refractivity contribution in [3.63, 3.8) is 0 Å². The zero-order valence-electron chi connectivity index (χ0n) is 15.9. The van der Waals surface area contributed by atoms with Gasteiger partial charge in [0.15, 0.2) is 0 Å². The second kappa shape index (κ2) is 8.93. The Morgan fingerprint density at radius 3 is 2.72 bits per heavy atom. The largest absolute Gasteiger partial charge is 0.497 e. The molecule has 3 aromatic rings. The first-order valence-corrected chi connectivity index (χ1v) is 9.12. The number of rotatable bonds is 7. The van der Waals surface area contributed by atoms with E-state index < -0.39 is 11.7 Å². The minimum absolute atomic E-state index is 0.102. The standard InChI is InChI=1S/C20H20ClFN4O3/c1-26-19(16(21)11-24-26)15-9-12(3-6-18(15)29-8-7-23)25-20(27)14-5-4-13(28-2)10-17(14)22/h3-6,9-11H,7-8,23H2,1-2H3,(H,25,27). The van der Waals surface area contributed by atoms with Crippen molar-refractivity contribution in [3.8, 4) is 22.8 Å². The van der Waals surface area contributed by atoms with Gasteiger partial charge in [-0.15, -0.1) is 0 Å². The van der Waals surface area contributed by atoms with Crippen LogP contribution in [0.4, 0.5) is 10.1 Å². The summed E-state index contributed by atoms with van der Waals surface area (Å²) in [6, 6.07) is 9.06. The van der Waals surface area contributed by atoms with Crippen LogP contribution in [0.5, 0.6) is 11.5 Å². The van der Waals surface area contributed by atoms with Gasteiger partial charge in [0, 0.05) is 30.9 Å². The van der Waals surface area contributed by atoms with Crippen LogP contribution in [-0.4, -0.2) is 35.9 Å². The molecule has 0 saturated carbocycles. The quantitative estimate of drug-likeness (QED) is 0.613. The highest BCUT2D eigenvalue weighted by molar-refractivity contribution is 6.33. The molecule has 0 aliphatic heterocycles. The lowest BCUT2D eigenvalue weighted by Crippen LogP contribution is -2.14. The number of nitrogens with zero attached hydrogens (tertiary/aromatic N) is 2. The van der Waals surface area contributed by atoms with E-state index in [1.165, 1.54) is 25.4 Å². The maximum absolute atomic E-state index is 14.2. The number of anilines is 1. The Morgan fingerprint density at radius 1 is 1.31 bits per heavy atom. The molecular weight excluding hydrogens is 399 g/mol. The molecule has 0 saturated heterocycles. The van der Waals surface area contributed by atoms with Crippen molar-refractivity contribution < 1.29 is 18.7 Å². The molecule has 0 unspecified atom stereocenters. The number of benzene rings is 2. The lowest BCUT2D eigenvalue weighted by Gasteiger charge is -2.14. The second-order valence-corrected chi connectivity index (χ2v) is 6.52. The average Bonchev–Trinajstić information content (AvgIpc) is 3.04. The molecule has 0 aliphatic carbocycles. The summed E-state index contributed by atoms with van der Waals surface area (Å²) in [5.41, 5.74) is 7.11. The molecule has 0 bridgehead atoms. The van der Waals surface area contributed by atoms with Gasteiger partial charge in [0.25, 0.3) is 5.91 Å². The van der Waals surface area contributed by atoms with Crippen LogP contribution >= 0.6 is 11.6 Å². The van der Waals surface area contributed by atoms with E-state index in [2.05, 4.69) is 10.4 Å². The van der Waals surface area contributed by atoms with Crippen LogP contribution in [0, 0.1) is 5.82 Å². The van der Waals surface area contributed by atoms with Gasteiger partial charge in [0.05, 0.1) is 29.6 Å². The van der Waals surface area contributed by atoms with Crippen molar-refractivity contribution in [2.45, 2.75) is 0 Å². The lowest BCUT2D eigenvalue weighted by atomic mass is 10.1. The Morgan fingerprint density at radius 2 is 2.10 bits per heavy atom. The summed E-state index contributed by atoms with van der Waals surface area (Å²) in [6.07, 6.45) is 1.52. The zero-order valence-corrected chi connectivity index (χ0v) is 16.7. The van der Waals surface area contributed by atoms with E-state index in [4.69, 9.17) is 26.8 Å². The molecule has 9 heteroatoms. The number of aromatic nitrogens is 2. The summed E-state index contributed by atoms with van der Waals surface area (Å²) in [5, 5.41) is 7.25. The number of carbonyl (C=O) groups excluding carboxylic acids is 1. The van der Waals surface area contributed by atoms with E-state index in [1.807, 2.05) is 0 Å². The normalized spacial score (nSPS) is 10.7. The first-order chi connectivity index (χ1) is 13.9. The van der Waals surface area contributed by atoms with Gasteiger partial charge in [0.1, 0.15) is 23.9 Å². The number of nitrogens with two attached hydrogens (primary N) is 1. The van der Waals surface area contributed by atoms with Crippen LogP contribution in [0.1, 0.15) is 10.4 Å². The van der Waals surface area contributed by atoms with Crippen LogP contribution in [0.3, 0.4) is 0 Å². The van der Waals surface area contributed by atoms with Gasteiger partial charge in [-0.25, -0.2) is 4.39 Å². The monoisotopic (exact) mass is 418 g/mol. The summed E-state index contributed by atoms with van der Waals surface area (Å²) < 4.78 is 26.5. The van der Waals surface area contributed by atoms with E-state index >= 15 is 0 Å². The number of hydrogen-bond donors (Lipinski definition) is 2. The molecule has 7 nitrogen and oxygen atoms in total. The number of amides is 1. The first kappa shape index (κ1) is 20.6. The zero-order chi connectivity index (χ0) is 21.0. The van der Waals surface area contributed by atoms with Gasteiger partial charge >= 0.3 is 0 Å². The Bertz CT molecular complexity index is 1020. The van der Waals surface area contributed by atoms with E-state index in [-0.39, 0.29) is 5.56 Å². The van der Waals surface area contributed by atoms with E-state index in [0.29, 0.717) is 46.6 Å². The van der Waals surface area contributed by atoms with Gasteiger partial charge in [-0.3, -0.25) is 9.48 Å². The Balaban J connectivity index is 1.94. The molecular formula is C20H20ClFN4O3. The van der Waals surface area contributed by atoms with Gasteiger partial charge < -0.3 is 20.5 Å². The number of aryl methyl sites for hydroxylation is 1. The predicted molar refractivity (Wildman–Crippen MR) is 109 cm³/mol. The van der Waals surface area contributed by atoms with E-state index in [1.54, 1.807) is 29.9 Å². The molecule has 152 valence electrons. The Kier molecular flexibility index (Phi) is 6.36. The van der Waals surface area contributed by atoms with Crippen LogP contribution in [0.2, 0.25) is 5.02 Å². The lowest BCUT2D eigenvalue weighted by molar-refractivity contribution is 0.102. The number of halogens is 2. The number of hydrogen-bond acceptors (Lipinski definition) is 5. The highest BCUT2D eigenvalue weighted by Gasteiger charge is 2.18. The summed E-state index contributed by atoms with van der Waals surface area (Å²) in [6.45, 7) is 0.652. The maximum atomic E-state index is 14.2. The molecule has 2 aromatic carbocycles. The minimum Gasteiger partial charge on any atom is -0.497 e. The van der Waals surface area contributed by atoms with Gasteiger partial charge in [-0.05, 0) is 30.3 Å². The predicted octanol–water partition coefficient (Wildman–Crippen LogP) is 3.48. The maximum Gasteiger partial charge on any atom is 0.258 e. The van der Waals surface area contributed by atoms with Crippen molar-refractivity contribution in [1.82, 2.24) is 9.78 Å². The topological polar surface area (TPSA) is 91.4 Å². The highest BCUT2D eigenvalue weighted by Crippen LogP contribution is 2.36. The molecule has 3 N–H and O–H groups in total. The smallest absolute Gasteiger partial charge is 0.258 e. The van der Waals surface area contributed by atoms with Crippen molar-refractivity contribution in [3.05, 3.63) is 59.0 Å². The summed E-state index contributed by atoms with van der Waals surface area (Å²) in [7, 11) is 3.17. The summed E-state index contributed by atoms with van der Waals surface area (Å²) >= 11 is 6.28. The average molecular weight is 419 g/mol. The van der Waals surface area contributed by atoms with Gasteiger partial charge in [-0.2, -0.15) is 5.10 Å². The number of ether oxygens (including phenoxy) is 2. The summed E-state index contributed by atoms with van der Waals surface area (Å²) in [5.74, 6) is -0.411. The van der Waals surface area contributed by atoms with Crippen molar-refractivity contribution in [1.29, 1.82) is 0 Å². The second-order valence-electron chi connectivity index (χ2n) is 6.11. The van der Waals surface area contributed by atoms with E-state index in [0.717, 1.165) is 6.07 Å². The van der Waals surface area contributed by atoms with Crippen molar-refractivity contribution in [2.24, 2.45) is 12.8 Å². The number of nitrogens with one attached hydrogen (secondary N) is 1. The van der Waals surface area contributed by atoms with Crippen LogP contribution < -0.4 is 20.5 Å². The third-order valence-electron chi connectivity index (χ3n) is 4.18. The van der Waals surface area contributed by atoms with Crippen molar-refractivity contribution >= 4 is 23.2 Å². The molecule has 0 radical (unpaired) electrons. The molecule has 29 heavy (non-hydrogen) atoms. The molecule has 1 heterocycles. The van der Waals surface area contributed by atoms with Crippen LogP contribution in [0.25, 0.3) is 11.3 Å². The van der Waals surface area contributed by atoms with Crippen LogP contribution in [-0.2, 0) is 7.05 Å². The number of methoxy groups -OCH3 is 1. The molecule has 3 rings (SSSR count). The fourth-order valence-corrected chi connectivity index (χ4v) is 3.07. The van der Waals surface area contributed by atoms with E-state index in [9.17, 15) is 9.18 Å². The highest BCUT2D eigenvalue weighted by atomic mass is 35.5. The third kappa shape index (κ3) is 4.49. The fraction of sp³-hybridized carbons (Fsp3) is 0.200. The Labute approximate surface area is 172 Å². The molecule has 1 amide bonds.